The molecule has 27 heavy (non-hydrogen) atoms. The van der Waals surface area contributed by atoms with Gasteiger partial charge in [0.25, 0.3) is 0 Å². The van der Waals surface area contributed by atoms with E-state index in [-0.39, 0.29) is 13.3 Å². The first-order chi connectivity index (χ1) is 13.0. The van der Waals surface area contributed by atoms with E-state index in [1.807, 2.05) is 48.1 Å². The van der Waals surface area contributed by atoms with Crippen molar-refractivity contribution in [2.24, 2.45) is 12.8 Å². The van der Waals surface area contributed by atoms with Gasteiger partial charge in [-0.1, -0.05) is 34.1 Å². The summed E-state index contributed by atoms with van der Waals surface area (Å²) in [7, 11) is 1.95. The number of hydrogen-bond acceptors (Lipinski definition) is 3. The van der Waals surface area contributed by atoms with Crippen LogP contribution >= 0.6 is 15.9 Å². The summed E-state index contributed by atoms with van der Waals surface area (Å²) < 4.78 is 2.98. The van der Waals surface area contributed by atoms with Crippen molar-refractivity contribution in [1.29, 1.82) is 0 Å². The van der Waals surface area contributed by atoms with Crippen molar-refractivity contribution < 1.29 is 6.22 Å². The number of nitrogens with two attached hydrogens (primary N) is 1. The molecule has 1 aromatic heterocycles. The zero-order chi connectivity index (χ0) is 19.0. The summed E-state index contributed by atoms with van der Waals surface area (Å²) in [6.07, 6.45) is 5.45. The van der Waals surface area contributed by atoms with Gasteiger partial charge >= 0.3 is 0 Å². The fourth-order valence-electron chi connectivity index (χ4n) is 3.75. The van der Waals surface area contributed by atoms with Crippen molar-refractivity contribution in [2.45, 2.75) is 24.8 Å². The van der Waals surface area contributed by atoms with Crippen molar-refractivity contribution in [3.8, 4) is 11.3 Å². The zero-order valence-electron chi connectivity index (χ0n) is 15.0. The number of carbonyl (C=O) groups is 1. The topological polar surface area (TPSA) is 72.9 Å². The van der Waals surface area contributed by atoms with Gasteiger partial charge in [0.05, 0.1) is 24.3 Å². The zero-order valence-corrected chi connectivity index (χ0v) is 16.6. The number of anilines is 1. The smallest absolute Gasteiger partial charge is 0.241 e. The summed E-state index contributed by atoms with van der Waals surface area (Å²) in [6.45, 7) is 0. The van der Waals surface area contributed by atoms with E-state index in [4.69, 9.17) is 5.73 Å². The van der Waals surface area contributed by atoms with Gasteiger partial charge in [0.2, 0.25) is 5.91 Å². The highest BCUT2D eigenvalue weighted by Crippen LogP contribution is 2.36. The van der Waals surface area contributed by atoms with Crippen molar-refractivity contribution in [1.82, 2.24) is 9.55 Å². The molecular formula is C21H23BrN4O. The summed E-state index contributed by atoms with van der Waals surface area (Å²) in [5.74, 6) is -0.104. The molecule has 3 aromatic rings. The number of imidazole rings is 1. The Kier molecular flexibility index (Phi) is 4.85. The van der Waals surface area contributed by atoms with Crippen LogP contribution in [0.2, 0.25) is 0 Å². The molecule has 0 radical (unpaired) electrons. The van der Waals surface area contributed by atoms with Crippen LogP contribution < -0.4 is 11.1 Å². The van der Waals surface area contributed by atoms with Crippen LogP contribution in [0.3, 0.4) is 0 Å². The van der Waals surface area contributed by atoms with E-state index in [1.165, 1.54) is 11.1 Å². The third-order valence-electron chi connectivity index (χ3n) is 5.23. The average Bonchev–Trinajstić information content (AvgIpc) is 3.27. The Bertz CT molecular complexity index is 986. The van der Waals surface area contributed by atoms with Gasteiger partial charge in [-0.3, -0.25) is 4.79 Å². The number of amides is 1. The normalized spacial score (nSPS) is 16.8. The van der Waals surface area contributed by atoms with E-state index < -0.39 is 6.04 Å². The SMILES string of the molecule is Cn1cncc1-c1ccc(NC(=O)[C@@H](N)[C@H]2CCc3ccc(Br)cc32)cc1.[HH]. The molecule has 5 nitrogen and oxygen atoms in total. The first-order valence-electron chi connectivity index (χ1n) is 8.94. The number of aryl methyl sites for hydroxylation is 2. The Morgan fingerprint density at radius 2 is 2.11 bits per heavy atom. The van der Waals surface area contributed by atoms with E-state index in [0.717, 1.165) is 34.3 Å². The molecular weight excluding hydrogens is 404 g/mol. The van der Waals surface area contributed by atoms with Gasteiger partial charge in [0.1, 0.15) is 0 Å². The second-order valence-electron chi connectivity index (χ2n) is 6.97. The minimum atomic E-state index is -0.572. The molecule has 3 N–H and O–H groups in total. The molecule has 6 heteroatoms. The van der Waals surface area contributed by atoms with Crippen LogP contribution in [0, 0.1) is 0 Å². The van der Waals surface area contributed by atoms with Gasteiger partial charge in [0.15, 0.2) is 0 Å². The van der Waals surface area contributed by atoms with Gasteiger partial charge in [-0.25, -0.2) is 4.98 Å². The number of halogens is 1. The third kappa shape index (κ3) is 3.55. The van der Waals surface area contributed by atoms with E-state index in [1.54, 1.807) is 6.33 Å². The van der Waals surface area contributed by atoms with Crippen LogP contribution in [0.5, 0.6) is 0 Å². The summed E-state index contributed by atoms with van der Waals surface area (Å²) in [6, 6.07) is 13.4. The monoisotopic (exact) mass is 426 g/mol. The van der Waals surface area contributed by atoms with Crippen LogP contribution in [0.25, 0.3) is 11.3 Å². The standard InChI is InChI=1S/C21H21BrN4O.H2/c1-26-12-24-11-19(26)14-3-7-16(8-4-14)25-21(27)20(23)17-9-5-13-2-6-15(22)10-18(13)17;/h2-4,6-8,10-12,17,20H,5,9,23H2,1H3,(H,25,27);1H/t17-,20-;/m0./s1. The number of aromatic nitrogens is 2. The van der Waals surface area contributed by atoms with Gasteiger partial charge in [-0.2, -0.15) is 0 Å². The van der Waals surface area contributed by atoms with Crippen molar-refractivity contribution in [2.75, 3.05) is 5.32 Å². The number of benzene rings is 2. The molecule has 0 bridgehead atoms. The fourth-order valence-corrected chi connectivity index (χ4v) is 4.12. The molecule has 0 spiro atoms. The van der Waals surface area contributed by atoms with Crippen LogP contribution in [0.15, 0.2) is 59.5 Å². The van der Waals surface area contributed by atoms with Crippen LogP contribution in [-0.4, -0.2) is 21.5 Å². The Morgan fingerprint density at radius 1 is 1.33 bits per heavy atom. The summed E-state index contributed by atoms with van der Waals surface area (Å²) in [4.78, 5) is 16.8. The molecule has 1 aliphatic rings. The van der Waals surface area contributed by atoms with Crippen LogP contribution in [0.4, 0.5) is 5.69 Å². The minimum Gasteiger partial charge on any atom is -0.334 e. The number of rotatable bonds is 4. The maximum Gasteiger partial charge on any atom is 0.241 e. The largest absolute Gasteiger partial charge is 0.334 e. The van der Waals surface area contributed by atoms with Crippen LogP contribution in [0.1, 0.15) is 24.9 Å². The number of nitrogens with one attached hydrogen (secondary N) is 1. The molecule has 0 saturated carbocycles. The molecule has 1 amide bonds. The minimum absolute atomic E-state index is 0. The summed E-state index contributed by atoms with van der Waals surface area (Å²) in [5, 5.41) is 2.95. The number of fused-ring (bicyclic) bond motifs is 1. The van der Waals surface area contributed by atoms with Crippen molar-refractivity contribution in [3.05, 3.63) is 70.6 Å². The second-order valence-corrected chi connectivity index (χ2v) is 7.89. The quantitative estimate of drug-likeness (QED) is 0.659. The fraction of sp³-hybridized carbons (Fsp3) is 0.238. The van der Waals surface area contributed by atoms with E-state index in [2.05, 4.69) is 38.4 Å². The molecule has 0 saturated heterocycles. The molecule has 4 rings (SSSR count). The molecule has 1 aliphatic carbocycles. The lowest BCUT2D eigenvalue weighted by molar-refractivity contribution is -0.117. The molecule has 140 valence electrons. The maximum atomic E-state index is 12.7. The lowest BCUT2D eigenvalue weighted by Gasteiger charge is -2.20. The Hall–Kier alpha value is -2.44. The highest BCUT2D eigenvalue weighted by molar-refractivity contribution is 9.10. The average molecular weight is 427 g/mol. The van der Waals surface area contributed by atoms with E-state index in [9.17, 15) is 4.79 Å². The van der Waals surface area contributed by atoms with Crippen molar-refractivity contribution in [3.63, 3.8) is 0 Å². The number of carbonyl (C=O) groups excluding carboxylic acids is 1. The summed E-state index contributed by atoms with van der Waals surface area (Å²) >= 11 is 3.51. The first-order valence-corrected chi connectivity index (χ1v) is 9.74. The lowest BCUT2D eigenvalue weighted by atomic mass is 9.93. The predicted octanol–water partition coefficient (Wildman–Crippen LogP) is 4.09. The molecule has 2 aromatic carbocycles. The van der Waals surface area contributed by atoms with Gasteiger partial charge in [-0.05, 0) is 53.8 Å². The highest BCUT2D eigenvalue weighted by Gasteiger charge is 2.32. The van der Waals surface area contributed by atoms with Gasteiger partial charge in [-0.15, -0.1) is 0 Å². The number of hydrogen-bond donors (Lipinski definition) is 2. The van der Waals surface area contributed by atoms with Gasteiger partial charge in [0, 0.05) is 24.6 Å². The van der Waals surface area contributed by atoms with Gasteiger partial charge < -0.3 is 15.6 Å². The molecule has 2 atom stereocenters. The third-order valence-corrected chi connectivity index (χ3v) is 5.73. The van der Waals surface area contributed by atoms with E-state index >= 15 is 0 Å². The molecule has 0 unspecified atom stereocenters. The highest BCUT2D eigenvalue weighted by atomic mass is 79.9. The van der Waals surface area contributed by atoms with E-state index in [0.29, 0.717) is 0 Å². The predicted molar refractivity (Wildman–Crippen MR) is 113 cm³/mol. The second kappa shape index (κ2) is 7.29. The Morgan fingerprint density at radius 3 is 2.81 bits per heavy atom. The van der Waals surface area contributed by atoms with Crippen LogP contribution in [-0.2, 0) is 18.3 Å². The maximum absolute atomic E-state index is 12.7. The van der Waals surface area contributed by atoms with Crippen molar-refractivity contribution >= 4 is 27.5 Å². The Labute approximate surface area is 168 Å². The molecule has 0 aliphatic heterocycles. The number of nitrogens with zero attached hydrogens (tertiary/aromatic N) is 2. The lowest BCUT2D eigenvalue weighted by Crippen LogP contribution is -2.40. The first kappa shape index (κ1) is 17.9. The summed E-state index contributed by atoms with van der Waals surface area (Å²) in [5.41, 5.74) is 11.6. The Balaban J connectivity index is 0.00000225. The molecule has 0 fully saturated rings. The molecule has 1 heterocycles.